The minimum Gasteiger partial charge on any atom is -0.462 e. The fraction of sp³-hybridized carbons (Fsp3) is 0.548. The van der Waals surface area contributed by atoms with Crippen molar-refractivity contribution in [1.29, 1.82) is 0 Å². The largest absolute Gasteiger partial charge is 0.462 e. The Hall–Kier alpha value is -4.30. The highest BCUT2D eigenvalue weighted by molar-refractivity contribution is 7.56. The molecule has 7 atom stereocenters. The monoisotopic (exact) mass is 833 g/mol. The van der Waals surface area contributed by atoms with Crippen molar-refractivity contribution < 1.29 is 42.5 Å². The van der Waals surface area contributed by atoms with Crippen LogP contribution in [-0.2, 0) is 39.4 Å². The van der Waals surface area contributed by atoms with E-state index < -0.39 is 31.6 Å². The molecule has 4 aliphatic heterocycles. The first-order valence-electron chi connectivity index (χ1n) is 20.5. The lowest BCUT2D eigenvalue weighted by Crippen LogP contribution is -2.62. The number of nitrogens with one attached hydrogen (secondary N) is 2. The third kappa shape index (κ3) is 8.83. The highest BCUT2D eigenvalue weighted by atomic mass is 32.1. The summed E-state index contributed by atoms with van der Waals surface area (Å²) in [6.07, 6.45) is 3.36. The second-order valence-electron chi connectivity index (χ2n) is 16.7. The number of nitrogens with zero attached hydrogens (tertiary/aromatic N) is 3. The van der Waals surface area contributed by atoms with E-state index in [-0.39, 0.29) is 47.9 Å². The molecule has 0 spiro atoms. The summed E-state index contributed by atoms with van der Waals surface area (Å²) in [6.45, 7) is 7.98. The van der Waals surface area contributed by atoms with E-state index in [1.54, 1.807) is 60.9 Å². The zero-order chi connectivity index (χ0) is 40.7. The molecule has 3 aromatic rings. The summed E-state index contributed by atoms with van der Waals surface area (Å²) in [4.78, 5) is 73.6. The number of carbonyl (C=O) groups is 5. The van der Waals surface area contributed by atoms with E-state index in [0.29, 0.717) is 80.3 Å². The molecular formula is C42H52N5O9PS. The van der Waals surface area contributed by atoms with Gasteiger partial charge < -0.3 is 34.0 Å². The number of rotatable bonds is 12. The number of hydrogen-bond donors (Lipinski definition) is 2. The standard InChI is InChI=1S/C42H52N5O9PS/c1-25(2)55-42(52)26(3)44-57(53,56-33-7-5-4-6-8-33)24-27-9-12-36-30(17-27)21-37(58-36)38(48)43-34-20-29-18-28(29)19-32-10-11-35(47(32)40(34)50)41(51)46-22-31(23-46)39(49)45-13-15-54-16-14-45/h4-9,12,17,21,25-26,28-29,31-32,34-35H,10-11,13-16,18-20,22-24H2,1-3H3,(H,43,48)(H,44,53)/t26-,28+,29-,32+,34?,35-,57?/m0/s1. The fourth-order valence-electron chi connectivity index (χ4n) is 8.91. The molecule has 2 unspecified atom stereocenters. The van der Waals surface area contributed by atoms with Crippen molar-refractivity contribution in [2.75, 3.05) is 39.4 Å². The number of ether oxygens (including phenoxy) is 2. The van der Waals surface area contributed by atoms with Crippen molar-refractivity contribution in [3.05, 3.63) is 65.0 Å². The summed E-state index contributed by atoms with van der Waals surface area (Å²) >= 11 is 1.30. The van der Waals surface area contributed by atoms with Gasteiger partial charge in [0.15, 0.2) is 0 Å². The first kappa shape index (κ1) is 40.5. The molecule has 14 nitrogen and oxygen atoms in total. The van der Waals surface area contributed by atoms with Crippen molar-refractivity contribution in [1.82, 2.24) is 25.1 Å². The first-order valence-corrected chi connectivity index (χ1v) is 23.1. The van der Waals surface area contributed by atoms with Crippen molar-refractivity contribution in [3.63, 3.8) is 0 Å². The molecule has 1 aromatic heterocycles. The summed E-state index contributed by atoms with van der Waals surface area (Å²) in [5.74, 6) is -0.179. The van der Waals surface area contributed by atoms with Crippen molar-refractivity contribution in [3.8, 4) is 5.75 Å². The Kier molecular flexibility index (Phi) is 11.7. The van der Waals surface area contributed by atoms with Crippen LogP contribution in [0.5, 0.6) is 5.75 Å². The molecule has 0 bridgehead atoms. The maximum Gasteiger partial charge on any atom is 0.323 e. The smallest absolute Gasteiger partial charge is 0.323 e. The maximum absolute atomic E-state index is 14.4. The quantitative estimate of drug-likeness (QED) is 0.191. The van der Waals surface area contributed by atoms with Crippen LogP contribution in [0.2, 0.25) is 0 Å². The van der Waals surface area contributed by atoms with Crippen LogP contribution in [0.4, 0.5) is 0 Å². The molecule has 4 amide bonds. The SMILES string of the molecule is CC(C)OC(=O)[C@H](C)NP(=O)(Cc1ccc2sc(C(=O)NC3C[C@@H]4C[C@@H]4C[C@H]4CC[C@@H](C(=O)N5CC(C(=O)N6CCOCC6)C5)N4C3=O)cc2c1)Oc1ccccc1. The highest BCUT2D eigenvalue weighted by Crippen LogP contribution is 2.50. The molecule has 4 saturated heterocycles. The number of esters is 1. The zero-order valence-electron chi connectivity index (χ0n) is 33.2. The normalized spacial score (nSPS) is 26.1. The topological polar surface area (TPSA) is 164 Å². The van der Waals surface area contributed by atoms with Crippen molar-refractivity contribution >= 4 is 58.5 Å². The van der Waals surface area contributed by atoms with E-state index in [9.17, 15) is 28.5 Å². The summed E-state index contributed by atoms with van der Waals surface area (Å²) < 4.78 is 31.9. The van der Waals surface area contributed by atoms with E-state index in [1.165, 1.54) is 11.3 Å². The number of para-hydroxylation sites is 1. The summed E-state index contributed by atoms with van der Waals surface area (Å²) in [6, 6.07) is 13.8. The molecule has 5 fully saturated rings. The summed E-state index contributed by atoms with van der Waals surface area (Å²) in [5, 5.41) is 6.74. The summed E-state index contributed by atoms with van der Waals surface area (Å²) in [7, 11) is -3.70. The van der Waals surface area contributed by atoms with Crippen LogP contribution in [-0.4, -0.2) is 114 Å². The van der Waals surface area contributed by atoms with Gasteiger partial charge in [0.2, 0.25) is 17.7 Å². The van der Waals surface area contributed by atoms with Crippen LogP contribution in [0.15, 0.2) is 54.6 Å². The lowest BCUT2D eigenvalue weighted by atomic mass is 9.96. The van der Waals surface area contributed by atoms with Crippen LogP contribution in [0.25, 0.3) is 10.1 Å². The zero-order valence-corrected chi connectivity index (χ0v) is 34.9. The van der Waals surface area contributed by atoms with Gasteiger partial charge in [-0.1, -0.05) is 24.3 Å². The van der Waals surface area contributed by atoms with E-state index in [4.69, 9.17) is 14.0 Å². The molecule has 1 saturated carbocycles. The van der Waals surface area contributed by atoms with Gasteiger partial charge in [0, 0.05) is 36.9 Å². The molecule has 16 heteroatoms. The third-order valence-electron chi connectivity index (χ3n) is 12.0. The average Bonchev–Trinajstić information content (AvgIpc) is 3.53. The number of likely N-dealkylation sites (tertiary alicyclic amines) is 1. The van der Waals surface area contributed by atoms with Gasteiger partial charge in [-0.25, -0.2) is 5.09 Å². The number of fused-ring (bicyclic) bond motifs is 3. The second-order valence-corrected chi connectivity index (χ2v) is 19.9. The molecule has 5 aliphatic rings. The Balaban J connectivity index is 0.945. The van der Waals surface area contributed by atoms with Gasteiger partial charge in [-0.3, -0.25) is 28.5 Å². The fourth-order valence-corrected chi connectivity index (χ4v) is 11.9. The Bertz CT molecular complexity index is 2100. The van der Waals surface area contributed by atoms with Gasteiger partial charge >= 0.3 is 13.5 Å². The minimum absolute atomic E-state index is 0.0349. The Morgan fingerprint density at radius 2 is 1.66 bits per heavy atom. The number of carbonyl (C=O) groups excluding carboxylic acids is 5. The molecular weight excluding hydrogens is 782 g/mol. The van der Waals surface area contributed by atoms with Crippen LogP contribution in [0, 0.1) is 17.8 Å². The predicted molar refractivity (Wildman–Crippen MR) is 217 cm³/mol. The van der Waals surface area contributed by atoms with Crippen LogP contribution in [0.3, 0.4) is 0 Å². The van der Waals surface area contributed by atoms with Crippen LogP contribution in [0.1, 0.15) is 68.1 Å². The Labute approximate surface area is 342 Å². The van der Waals surface area contributed by atoms with E-state index >= 15 is 0 Å². The molecule has 310 valence electrons. The van der Waals surface area contributed by atoms with Gasteiger partial charge in [-0.05, 0) is 106 Å². The van der Waals surface area contributed by atoms with Crippen LogP contribution >= 0.6 is 18.9 Å². The number of hydrogen-bond acceptors (Lipinski definition) is 10. The van der Waals surface area contributed by atoms with Crippen molar-refractivity contribution in [2.45, 2.75) is 89.3 Å². The maximum atomic E-state index is 14.4. The number of amides is 4. The minimum atomic E-state index is -3.70. The lowest BCUT2D eigenvalue weighted by Gasteiger charge is -2.44. The van der Waals surface area contributed by atoms with Crippen LogP contribution < -0.4 is 14.9 Å². The summed E-state index contributed by atoms with van der Waals surface area (Å²) in [5.41, 5.74) is 0.679. The first-order chi connectivity index (χ1) is 27.8. The van der Waals surface area contributed by atoms with E-state index in [0.717, 1.165) is 29.3 Å². The van der Waals surface area contributed by atoms with Gasteiger partial charge in [-0.2, -0.15) is 0 Å². The Morgan fingerprint density at radius 3 is 2.40 bits per heavy atom. The van der Waals surface area contributed by atoms with E-state index in [2.05, 4.69) is 10.4 Å². The van der Waals surface area contributed by atoms with E-state index in [1.807, 2.05) is 29.2 Å². The van der Waals surface area contributed by atoms with Gasteiger partial charge in [0.1, 0.15) is 23.9 Å². The predicted octanol–water partition coefficient (Wildman–Crippen LogP) is 4.81. The number of thiophene rings is 1. The lowest BCUT2D eigenvalue weighted by molar-refractivity contribution is -0.157. The van der Waals surface area contributed by atoms with Gasteiger partial charge in [0.25, 0.3) is 5.91 Å². The molecule has 8 rings (SSSR count). The number of morpholine rings is 1. The van der Waals surface area contributed by atoms with Gasteiger partial charge in [-0.15, -0.1) is 11.3 Å². The highest BCUT2D eigenvalue weighted by Gasteiger charge is 2.53. The number of benzene rings is 2. The molecule has 5 heterocycles. The molecule has 2 aromatic carbocycles. The Morgan fingerprint density at radius 1 is 0.914 bits per heavy atom. The third-order valence-corrected chi connectivity index (χ3v) is 15.2. The molecule has 1 aliphatic carbocycles. The average molecular weight is 834 g/mol. The second kappa shape index (κ2) is 16.8. The molecule has 0 radical (unpaired) electrons. The molecule has 2 N–H and O–H groups in total. The van der Waals surface area contributed by atoms with Gasteiger partial charge in [0.05, 0.1) is 36.3 Å². The molecule has 58 heavy (non-hydrogen) atoms. The van der Waals surface area contributed by atoms with Crippen molar-refractivity contribution in [2.24, 2.45) is 17.8 Å².